The van der Waals surface area contributed by atoms with Gasteiger partial charge in [0.15, 0.2) is 0 Å². The Labute approximate surface area is 53.6 Å². The van der Waals surface area contributed by atoms with Crippen LogP contribution in [0.5, 0.6) is 0 Å². The fraction of sp³-hybridized carbons (Fsp3) is 1.00. The second-order valence-electron chi connectivity index (χ2n) is 1.04. The molecule has 5 N–H and O–H groups in total. The summed E-state index contributed by atoms with van der Waals surface area (Å²) in [7, 11) is 0. The molecule has 0 spiro atoms. The molecule has 0 aromatic rings. The van der Waals surface area contributed by atoms with Gasteiger partial charge in [0.05, 0.1) is 0 Å². The zero-order valence-electron chi connectivity index (χ0n) is 3.89. The van der Waals surface area contributed by atoms with E-state index in [0.717, 1.165) is 9.55 Å². The summed E-state index contributed by atoms with van der Waals surface area (Å²) in [6.07, 6.45) is 0. The first kappa shape index (κ1) is 7.57. The molecule has 0 amide bonds. The Kier molecular flexibility index (Phi) is 5.11. The average molecular weight is 216 g/mol. The number of alkyl halides is 1. The number of rotatable bonds is 3. The summed E-state index contributed by atoms with van der Waals surface area (Å²) in [5.41, 5.74) is 0. The quantitative estimate of drug-likeness (QED) is 0.166. The van der Waals surface area contributed by atoms with Gasteiger partial charge in [-0.3, -0.25) is 0 Å². The predicted octanol–water partition coefficient (Wildman–Crippen LogP) is -3.91. The molecule has 0 heterocycles. The van der Waals surface area contributed by atoms with Gasteiger partial charge in [-0.2, -0.15) is 0 Å². The van der Waals surface area contributed by atoms with E-state index in [2.05, 4.69) is 0 Å². The molecule has 0 unspecified atom stereocenters. The summed E-state index contributed by atoms with van der Waals surface area (Å²) >= 11 is -0.168. The van der Waals surface area contributed by atoms with Crippen molar-refractivity contribution in [3.8, 4) is 0 Å². The average Bonchev–Trinajstić information content (AvgIpc) is 1.61. The second kappa shape index (κ2) is 4.72. The number of halogens is 1. The Hall–Kier alpha value is 0.570. The minimum absolute atomic E-state index is 0.168. The van der Waals surface area contributed by atoms with Gasteiger partial charge in [-0.05, 0) is 0 Å². The molecule has 0 radical (unpaired) electrons. The Morgan fingerprint density at radius 2 is 2.29 bits per heavy atom. The normalized spacial score (nSPS) is 10.9. The molecule has 0 atom stereocenters. The topological polar surface area (TPSA) is 79.1 Å². The van der Waals surface area contributed by atoms with Crippen LogP contribution in [0.1, 0.15) is 0 Å². The molecule has 0 fully saturated rings. The first-order chi connectivity index (χ1) is 3.27. The maximum absolute atomic E-state index is 6.65. The SMILES string of the molecule is [NH-]N(N)CC[I-]N. The van der Waals surface area contributed by atoms with Gasteiger partial charge in [0.1, 0.15) is 0 Å². The fourth-order valence-electron chi connectivity index (χ4n) is 0.140. The van der Waals surface area contributed by atoms with E-state index in [1.807, 2.05) is 0 Å². The first-order valence-corrected chi connectivity index (χ1v) is 4.55. The van der Waals surface area contributed by atoms with Crippen molar-refractivity contribution < 1.29 is 21.5 Å². The zero-order chi connectivity index (χ0) is 5.70. The predicted molar refractivity (Wildman–Crippen MR) is 24.3 cm³/mol. The second-order valence-corrected chi connectivity index (χ2v) is 3.00. The van der Waals surface area contributed by atoms with E-state index in [9.17, 15) is 0 Å². The standard InChI is InChI=1S/C2H9IN4/c4-3-1-2-7(5)6/h5H,1-2,4,6H2/q-2. The van der Waals surface area contributed by atoms with Gasteiger partial charge in [0.2, 0.25) is 0 Å². The van der Waals surface area contributed by atoms with Crippen LogP contribution in [0.2, 0.25) is 0 Å². The molecule has 0 aliphatic heterocycles. The molecule has 5 heteroatoms. The minimum atomic E-state index is -0.168. The Bertz CT molecular complexity index is 38.7. The Morgan fingerprint density at radius 1 is 1.71 bits per heavy atom. The van der Waals surface area contributed by atoms with E-state index in [1.54, 1.807) is 0 Å². The summed E-state index contributed by atoms with van der Waals surface area (Å²) in [6.45, 7) is 0.601. The molecule has 0 aliphatic rings. The van der Waals surface area contributed by atoms with E-state index >= 15 is 0 Å². The van der Waals surface area contributed by atoms with E-state index in [1.165, 1.54) is 0 Å². The molecule has 0 saturated heterocycles. The van der Waals surface area contributed by atoms with Crippen molar-refractivity contribution in [2.24, 2.45) is 9.79 Å². The van der Waals surface area contributed by atoms with E-state index in [4.69, 9.17) is 15.6 Å². The summed E-state index contributed by atoms with van der Waals surface area (Å²) < 4.78 is 6.12. The number of nitrogens with two attached hydrogens (primary N) is 2. The van der Waals surface area contributed by atoms with Crippen molar-refractivity contribution in [3.63, 3.8) is 0 Å². The first-order valence-electron chi connectivity index (χ1n) is 1.78. The number of nitrogens with zero attached hydrogens (tertiary/aromatic N) is 1. The number of hydrazine groups is 1. The molecular formula is C2H9IN4-2. The van der Waals surface area contributed by atoms with Crippen LogP contribution in [0.25, 0.3) is 5.84 Å². The van der Waals surface area contributed by atoms with Gasteiger partial charge in [-0.25, -0.2) is 0 Å². The van der Waals surface area contributed by atoms with E-state index in [-0.39, 0.29) is 21.5 Å². The molecule has 0 rings (SSSR count). The monoisotopic (exact) mass is 216 g/mol. The van der Waals surface area contributed by atoms with Crippen molar-refractivity contribution in [2.75, 3.05) is 11.0 Å². The summed E-state index contributed by atoms with van der Waals surface area (Å²) in [4.78, 5) is 0. The van der Waals surface area contributed by atoms with Gasteiger partial charge in [-0.15, -0.1) is 0 Å². The molecular weight excluding hydrogens is 207 g/mol. The van der Waals surface area contributed by atoms with Gasteiger partial charge in [0, 0.05) is 0 Å². The van der Waals surface area contributed by atoms with Crippen molar-refractivity contribution in [1.82, 2.24) is 5.12 Å². The Morgan fingerprint density at radius 3 is 2.43 bits per heavy atom. The van der Waals surface area contributed by atoms with Gasteiger partial charge in [0.25, 0.3) is 0 Å². The number of nitrogens with one attached hydrogen (secondary N) is 1. The van der Waals surface area contributed by atoms with Gasteiger partial charge in [-0.1, -0.05) is 0 Å². The molecule has 0 aromatic heterocycles. The number of hydrogen-bond donors (Lipinski definition) is 2. The van der Waals surface area contributed by atoms with Gasteiger partial charge >= 0.3 is 53.2 Å². The van der Waals surface area contributed by atoms with Crippen LogP contribution < -0.4 is 31.3 Å². The molecule has 4 nitrogen and oxygen atoms in total. The fourth-order valence-corrected chi connectivity index (χ4v) is 0.938. The summed E-state index contributed by atoms with van der Waals surface area (Å²) in [5.74, 6) is 11.6. The van der Waals surface area contributed by atoms with Crippen LogP contribution in [0.4, 0.5) is 0 Å². The summed E-state index contributed by atoms with van der Waals surface area (Å²) in [6, 6.07) is 0. The van der Waals surface area contributed by atoms with Crippen molar-refractivity contribution in [2.45, 2.75) is 0 Å². The van der Waals surface area contributed by atoms with Crippen LogP contribution >= 0.6 is 0 Å². The van der Waals surface area contributed by atoms with Crippen LogP contribution in [0.3, 0.4) is 0 Å². The van der Waals surface area contributed by atoms with Crippen molar-refractivity contribution >= 4 is 0 Å². The van der Waals surface area contributed by atoms with Crippen LogP contribution in [0.15, 0.2) is 0 Å². The molecule has 0 bridgehead atoms. The Balaban J connectivity index is 2.68. The van der Waals surface area contributed by atoms with Crippen LogP contribution in [-0.2, 0) is 0 Å². The van der Waals surface area contributed by atoms with E-state index < -0.39 is 0 Å². The molecule has 0 aromatic carbocycles. The zero-order valence-corrected chi connectivity index (χ0v) is 6.05. The molecule has 7 heavy (non-hydrogen) atoms. The third kappa shape index (κ3) is 6.57. The van der Waals surface area contributed by atoms with Crippen molar-refractivity contribution in [3.05, 3.63) is 5.84 Å². The van der Waals surface area contributed by atoms with Gasteiger partial charge < -0.3 is 0 Å². The third-order valence-electron chi connectivity index (χ3n) is 0.435. The molecule has 0 saturated carbocycles. The van der Waals surface area contributed by atoms with Crippen LogP contribution in [0, 0.1) is 0 Å². The van der Waals surface area contributed by atoms with Crippen molar-refractivity contribution in [1.29, 1.82) is 0 Å². The molecule has 46 valence electrons. The molecule has 0 aliphatic carbocycles. The number of hydrogen-bond acceptors (Lipinski definition) is 3. The third-order valence-corrected chi connectivity index (χ3v) is 1.54. The maximum atomic E-state index is 6.65. The van der Waals surface area contributed by atoms with Crippen LogP contribution in [-0.4, -0.2) is 16.1 Å². The van der Waals surface area contributed by atoms with E-state index in [0.29, 0.717) is 6.54 Å². The summed E-state index contributed by atoms with van der Waals surface area (Å²) in [5, 5.41) is 0.909.